The third-order valence-electron chi connectivity index (χ3n) is 2.98. The molecule has 0 saturated carbocycles. The second-order valence-electron chi connectivity index (χ2n) is 4.78. The van der Waals surface area contributed by atoms with Gasteiger partial charge in [-0.15, -0.1) is 0 Å². The van der Waals surface area contributed by atoms with E-state index < -0.39 is 0 Å². The van der Waals surface area contributed by atoms with Gasteiger partial charge in [-0.05, 0) is 30.7 Å². The summed E-state index contributed by atoms with van der Waals surface area (Å²) in [7, 11) is 1.80. The van der Waals surface area contributed by atoms with Crippen LogP contribution in [0.25, 0.3) is 0 Å². The number of nitrogen functional groups attached to an aromatic ring is 1. The molecule has 0 radical (unpaired) electrons. The Morgan fingerprint density at radius 3 is 2.58 bits per heavy atom. The number of nitrogens with two attached hydrogens (primary N) is 1. The monoisotopic (exact) mass is 254 g/mol. The summed E-state index contributed by atoms with van der Waals surface area (Å²) >= 11 is 0. The first kappa shape index (κ1) is 13.1. The van der Waals surface area contributed by atoms with Gasteiger partial charge < -0.3 is 10.6 Å². The lowest BCUT2D eigenvalue weighted by atomic mass is 10.1. The van der Waals surface area contributed by atoms with Crippen molar-refractivity contribution in [2.24, 2.45) is 0 Å². The lowest BCUT2D eigenvalue weighted by molar-refractivity contribution is 0.0785. The molecular formula is C16H18N2O. The number of hydrogen-bond donors (Lipinski definition) is 1. The molecule has 0 aliphatic carbocycles. The molecular weight excluding hydrogens is 236 g/mol. The molecule has 0 aliphatic rings. The lowest BCUT2D eigenvalue weighted by Crippen LogP contribution is -2.26. The second kappa shape index (κ2) is 5.57. The van der Waals surface area contributed by atoms with E-state index in [4.69, 9.17) is 5.73 Å². The van der Waals surface area contributed by atoms with Gasteiger partial charge in [0.1, 0.15) is 0 Å². The van der Waals surface area contributed by atoms with Crippen molar-refractivity contribution in [2.75, 3.05) is 12.8 Å². The largest absolute Gasteiger partial charge is 0.399 e. The van der Waals surface area contributed by atoms with Crippen molar-refractivity contribution >= 4 is 11.6 Å². The predicted molar refractivity (Wildman–Crippen MR) is 77.8 cm³/mol. The summed E-state index contributed by atoms with van der Waals surface area (Å²) in [4.78, 5) is 14.0. The normalized spacial score (nSPS) is 10.2. The Morgan fingerprint density at radius 1 is 1.16 bits per heavy atom. The molecule has 3 heteroatoms. The van der Waals surface area contributed by atoms with Crippen LogP contribution in [0.15, 0.2) is 48.5 Å². The summed E-state index contributed by atoms with van der Waals surface area (Å²) in [5.74, 6) is -0.0196. The maximum Gasteiger partial charge on any atom is 0.253 e. The summed E-state index contributed by atoms with van der Waals surface area (Å²) in [5, 5.41) is 0. The van der Waals surface area contributed by atoms with Crippen molar-refractivity contribution in [1.82, 2.24) is 4.90 Å². The first-order valence-corrected chi connectivity index (χ1v) is 6.23. The number of hydrogen-bond acceptors (Lipinski definition) is 2. The fourth-order valence-corrected chi connectivity index (χ4v) is 2.05. The van der Waals surface area contributed by atoms with Crippen molar-refractivity contribution in [3.63, 3.8) is 0 Å². The van der Waals surface area contributed by atoms with Gasteiger partial charge in [0.25, 0.3) is 5.91 Å². The molecule has 3 nitrogen and oxygen atoms in total. The van der Waals surface area contributed by atoms with E-state index in [1.807, 2.05) is 25.1 Å². The molecule has 0 bridgehead atoms. The van der Waals surface area contributed by atoms with Gasteiger partial charge >= 0.3 is 0 Å². The van der Waals surface area contributed by atoms with E-state index in [1.54, 1.807) is 36.2 Å². The molecule has 2 aromatic carbocycles. The van der Waals surface area contributed by atoms with Crippen molar-refractivity contribution in [3.05, 3.63) is 65.2 Å². The topological polar surface area (TPSA) is 46.3 Å². The molecule has 2 N–H and O–H groups in total. The Hall–Kier alpha value is -2.29. The summed E-state index contributed by atoms with van der Waals surface area (Å²) < 4.78 is 0. The Kier molecular flexibility index (Phi) is 3.85. The highest BCUT2D eigenvalue weighted by molar-refractivity contribution is 5.94. The third kappa shape index (κ3) is 3.35. The van der Waals surface area contributed by atoms with Crippen LogP contribution in [0, 0.1) is 6.92 Å². The molecule has 19 heavy (non-hydrogen) atoms. The van der Waals surface area contributed by atoms with E-state index in [0.717, 1.165) is 5.56 Å². The second-order valence-corrected chi connectivity index (χ2v) is 4.78. The van der Waals surface area contributed by atoms with Crippen LogP contribution in [0.5, 0.6) is 0 Å². The van der Waals surface area contributed by atoms with Crippen molar-refractivity contribution in [3.8, 4) is 0 Å². The third-order valence-corrected chi connectivity index (χ3v) is 2.98. The molecule has 2 aromatic rings. The molecule has 0 spiro atoms. The first-order valence-electron chi connectivity index (χ1n) is 6.23. The Morgan fingerprint density at radius 2 is 1.89 bits per heavy atom. The van der Waals surface area contributed by atoms with E-state index in [1.165, 1.54) is 5.56 Å². The van der Waals surface area contributed by atoms with Gasteiger partial charge in [-0.3, -0.25) is 4.79 Å². The molecule has 1 amide bonds. The number of amides is 1. The van der Waals surface area contributed by atoms with Crippen molar-refractivity contribution in [1.29, 1.82) is 0 Å². The minimum atomic E-state index is -0.0196. The highest BCUT2D eigenvalue weighted by atomic mass is 16.2. The van der Waals surface area contributed by atoms with Crippen LogP contribution < -0.4 is 5.73 Å². The molecule has 0 saturated heterocycles. The van der Waals surface area contributed by atoms with Crippen LogP contribution >= 0.6 is 0 Å². The van der Waals surface area contributed by atoms with Gasteiger partial charge in [-0.2, -0.15) is 0 Å². The molecule has 0 unspecified atom stereocenters. The number of carbonyl (C=O) groups is 1. The highest BCUT2D eigenvalue weighted by Gasteiger charge is 2.12. The zero-order chi connectivity index (χ0) is 13.8. The fraction of sp³-hybridized carbons (Fsp3) is 0.188. The van der Waals surface area contributed by atoms with Crippen molar-refractivity contribution < 1.29 is 4.79 Å². The predicted octanol–water partition coefficient (Wildman–Crippen LogP) is 2.85. The molecule has 0 aromatic heterocycles. The summed E-state index contributed by atoms with van der Waals surface area (Å²) in [6.45, 7) is 2.64. The molecule has 0 atom stereocenters. The van der Waals surface area contributed by atoms with E-state index in [2.05, 4.69) is 6.07 Å². The average molecular weight is 254 g/mol. The van der Waals surface area contributed by atoms with Crippen LogP contribution in [0.1, 0.15) is 21.5 Å². The van der Waals surface area contributed by atoms with Gasteiger partial charge in [-0.1, -0.05) is 35.9 Å². The smallest absolute Gasteiger partial charge is 0.253 e. The summed E-state index contributed by atoms with van der Waals surface area (Å²) in [6.07, 6.45) is 0. The SMILES string of the molecule is Cc1cccc(CN(C)C(=O)c2cccc(N)c2)c1. The van der Waals surface area contributed by atoms with E-state index >= 15 is 0 Å². The Labute approximate surface area is 113 Å². The molecule has 0 heterocycles. The van der Waals surface area contributed by atoms with Crippen LogP contribution in [0.3, 0.4) is 0 Å². The highest BCUT2D eigenvalue weighted by Crippen LogP contribution is 2.12. The number of benzene rings is 2. The van der Waals surface area contributed by atoms with Crippen LogP contribution in [0.2, 0.25) is 0 Å². The van der Waals surface area contributed by atoms with E-state index in [-0.39, 0.29) is 5.91 Å². The zero-order valence-electron chi connectivity index (χ0n) is 11.3. The van der Waals surface area contributed by atoms with Gasteiger partial charge in [0.15, 0.2) is 0 Å². The number of rotatable bonds is 3. The van der Waals surface area contributed by atoms with E-state index in [0.29, 0.717) is 17.8 Å². The van der Waals surface area contributed by atoms with Crippen molar-refractivity contribution in [2.45, 2.75) is 13.5 Å². The molecule has 98 valence electrons. The number of nitrogens with zero attached hydrogens (tertiary/aromatic N) is 1. The fourth-order valence-electron chi connectivity index (χ4n) is 2.05. The zero-order valence-corrected chi connectivity index (χ0v) is 11.3. The number of aryl methyl sites for hydroxylation is 1. The van der Waals surface area contributed by atoms with Gasteiger partial charge in [-0.25, -0.2) is 0 Å². The minimum absolute atomic E-state index is 0.0196. The quantitative estimate of drug-likeness (QED) is 0.856. The maximum atomic E-state index is 12.3. The first-order chi connectivity index (χ1) is 9.06. The van der Waals surface area contributed by atoms with Crippen LogP contribution in [0.4, 0.5) is 5.69 Å². The van der Waals surface area contributed by atoms with E-state index in [9.17, 15) is 4.79 Å². The Balaban J connectivity index is 2.12. The van der Waals surface area contributed by atoms with Crippen LogP contribution in [-0.2, 0) is 6.54 Å². The summed E-state index contributed by atoms with van der Waals surface area (Å²) in [5.41, 5.74) is 9.25. The standard InChI is InChI=1S/C16H18N2O/c1-12-5-3-6-13(9-12)11-18(2)16(19)14-7-4-8-15(17)10-14/h3-10H,11,17H2,1-2H3. The lowest BCUT2D eigenvalue weighted by Gasteiger charge is -2.17. The summed E-state index contributed by atoms with van der Waals surface area (Å²) in [6, 6.07) is 15.2. The number of carbonyl (C=O) groups excluding carboxylic acids is 1. The molecule has 0 aliphatic heterocycles. The van der Waals surface area contributed by atoms with Crippen LogP contribution in [-0.4, -0.2) is 17.9 Å². The molecule has 0 fully saturated rings. The number of anilines is 1. The van der Waals surface area contributed by atoms with Gasteiger partial charge in [0, 0.05) is 24.8 Å². The minimum Gasteiger partial charge on any atom is -0.399 e. The average Bonchev–Trinajstić information content (AvgIpc) is 2.38. The molecule has 2 rings (SSSR count). The maximum absolute atomic E-state index is 12.3. The van der Waals surface area contributed by atoms with Gasteiger partial charge in [0.2, 0.25) is 0 Å². The van der Waals surface area contributed by atoms with Gasteiger partial charge in [0.05, 0.1) is 0 Å². The Bertz CT molecular complexity index is 593.